The van der Waals surface area contributed by atoms with Crippen molar-refractivity contribution in [2.45, 2.75) is 33.2 Å². The van der Waals surface area contributed by atoms with E-state index >= 15 is 0 Å². The Hall–Kier alpha value is -0.580. The zero-order valence-corrected chi connectivity index (χ0v) is 11.5. The van der Waals surface area contributed by atoms with Gasteiger partial charge in [-0.15, -0.1) is 23.7 Å². The topological polar surface area (TPSA) is 55.1 Å². The van der Waals surface area contributed by atoms with Crippen LogP contribution in [-0.2, 0) is 6.42 Å². The summed E-state index contributed by atoms with van der Waals surface area (Å²) in [4.78, 5) is 13.7. The zero-order chi connectivity index (χ0) is 11.4. The first-order chi connectivity index (χ1) is 7.08. The lowest BCUT2D eigenvalue weighted by molar-refractivity contribution is 0.0945. The van der Waals surface area contributed by atoms with Crippen LogP contribution >= 0.6 is 23.7 Å². The van der Waals surface area contributed by atoms with Crippen LogP contribution in [0.5, 0.6) is 0 Å². The SMILES string of the molecule is CCc1cc(C(=O)N[C@H](C)CN)sc1C.Cl. The number of nitrogens with one attached hydrogen (secondary N) is 1. The first-order valence-electron chi connectivity index (χ1n) is 5.18. The molecule has 0 radical (unpaired) electrons. The molecule has 1 rings (SSSR count). The Bertz CT molecular complexity index is 352. The number of carbonyl (C=O) groups excluding carboxylic acids is 1. The normalized spacial score (nSPS) is 11.8. The van der Waals surface area contributed by atoms with Gasteiger partial charge >= 0.3 is 0 Å². The summed E-state index contributed by atoms with van der Waals surface area (Å²) in [5.74, 6) is -0.0132. The summed E-state index contributed by atoms with van der Waals surface area (Å²) < 4.78 is 0. The predicted octanol–water partition coefficient (Wildman–Crippen LogP) is 2.12. The molecular formula is C11H19ClN2OS. The number of nitrogens with two attached hydrogens (primary N) is 1. The van der Waals surface area contributed by atoms with E-state index in [-0.39, 0.29) is 24.4 Å². The average molecular weight is 263 g/mol. The minimum atomic E-state index is -0.0132. The van der Waals surface area contributed by atoms with Crippen LogP contribution in [0.1, 0.15) is 34.0 Å². The molecule has 3 nitrogen and oxygen atoms in total. The standard InChI is InChI=1S/C11H18N2OS.ClH/c1-4-9-5-10(15-8(9)3)11(14)13-7(2)6-12;/h5,7H,4,6,12H2,1-3H3,(H,13,14);1H/t7-;/m1./s1. The van der Waals surface area contributed by atoms with Crippen molar-refractivity contribution < 1.29 is 4.79 Å². The fourth-order valence-electron chi connectivity index (χ4n) is 1.34. The summed E-state index contributed by atoms with van der Waals surface area (Å²) in [6.45, 7) is 6.52. The van der Waals surface area contributed by atoms with Crippen LogP contribution in [0.15, 0.2) is 6.07 Å². The second-order valence-electron chi connectivity index (χ2n) is 3.66. The van der Waals surface area contributed by atoms with Gasteiger partial charge in [0.15, 0.2) is 0 Å². The Morgan fingerprint density at radius 3 is 2.69 bits per heavy atom. The number of rotatable bonds is 4. The van der Waals surface area contributed by atoms with Crippen molar-refractivity contribution in [1.82, 2.24) is 5.32 Å². The predicted molar refractivity (Wildman–Crippen MR) is 71.7 cm³/mol. The second kappa shape index (κ2) is 6.89. The minimum Gasteiger partial charge on any atom is -0.348 e. The molecule has 0 aliphatic rings. The van der Waals surface area contributed by atoms with Gasteiger partial charge in [-0.2, -0.15) is 0 Å². The van der Waals surface area contributed by atoms with Crippen molar-refractivity contribution in [2.75, 3.05) is 6.54 Å². The Morgan fingerprint density at radius 1 is 1.62 bits per heavy atom. The lowest BCUT2D eigenvalue weighted by atomic mass is 10.2. The second-order valence-corrected chi connectivity index (χ2v) is 4.91. The highest BCUT2D eigenvalue weighted by molar-refractivity contribution is 7.14. The molecule has 0 unspecified atom stereocenters. The molecule has 1 atom stereocenters. The molecule has 92 valence electrons. The summed E-state index contributed by atoms with van der Waals surface area (Å²) in [6.07, 6.45) is 0.974. The van der Waals surface area contributed by atoms with Crippen LogP contribution < -0.4 is 11.1 Å². The van der Waals surface area contributed by atoms with Gasteiger partial charge in [-0.25, -0.2) is 0 Å². The van der Waals surface area contributed by atoms with Crippen LogP contribution in [0.3, 0.4) is 0 Å². The molecule has 1 heterocycles. The van der Waals surface area contributed by atoms with E-state index in [2.05, 4.69) is 12.2 Å². The maximum Gasteiger partial charge on any atom is 0.261 e. The molecular weight excluding hydrogens is 244 g/mol. The third kappa shape index (κ3) is 3.77. The Balaban J connectivity index is 0.00000225. The van der Waals surface area contributed by atoms with Gasteiger partial charge in [0, 0.05) is 17.5 Å². The summed E-state index contributed by atoms with van der Waals surface area (Å²) >= 11 is 1.55. The lowest BCUT2D eigenvalue weighted by Gasteiger charge is -2.09. The first-order valence-corrected chi connectivity index (χ1v) is 6.00. The Kier molecular flexibility index (Phi) is 6.64. The highest BCUT2D eigenvalue weighted by Crippen LogP contribution is 2.21. The van der Waals surface area contributed by atoms with Gasteiger partial charge in [-0.3, -0.25) is 4.79 Å². The maximum absolute atomic E-state index is 11.7. The number of thiophene rings is 1. The lowest BCUT2D eigenvalue weighted by Crippen LogP contribution is -2.37. The van der Waals surface area contributed by atoms with E-state index in [0.717, 1.165) is 11.3 Å². The summed E-state index contributed by atoms with van der Waals surface area (Å²) in [5, 5.41) is 2.86. The fraction of sp³-hybridized carbons (Fsp3) is 0.545. The Labute approximate surface area is 107 Å². The van der Waals surface area contributed by atoms with E-state index < -0.39 is 0 Å². The average Bonchev–Trinajstić information content (AvgIpc) is 2.59. The maximum atomic E-state index is 11.7. The van der Waals surface area contributed by atoms with Crippen LogP contribution in [0.2, 0.25) is 0 Å². The van der Waals surface area contributed by atoms with E-state index in [1.54, 1.807) is 11.3 Å². The molecule has 0 aromatic carbocycles. The van der Waals surface area contributed by atoms with Gasteiger partial charge in [-0.05, 0) is 31.9 Å². The van der Waals surface area contributed by atoms with Gasteiger partial charge in [0.2, 0.25) is 0 Å². The zero-order valence-electron chi connectivity index (χ0n) is 9.87. The first kappa shape index (κ1) is 15.4. The molecule has 1 amide bonds. The van der Waals surface area contributed by atoms with E-state index in [0.29, 0.717) is 6.54 Å². The van der Waals surface area contributed by atoms with Gasteiger partial charge in [0.05, 0.1) is 4.88 Å². The molecule has 3 N–H and O–H groups in total. The van der Waals surface area contributed by atoms with Crippen molar-refractivity contribution in [3.05, 3.63) is 21.4 Å². The molecule has 5 heteroatoms. The Morgan fingerprint density at radius 2 is 2.25 bits per heavy atom. The van der Waals surface area contributed by atoms with Crippen molar-refractivity contribution in [2.24, 2.45) is 5.73 Å². The monoisotopic (exact) mass is 262 g/mol. The van der Waals surface area contributed by atoms with Crippen molar-refractivity contribution >= 4 is 29.7 Å². The molecule has 0 aliphatic heterocycles. The molecule has 0 saturated carbocycles. The smallest absolute Gasteiger partial charge is 0.261 e. The van der Waals surface area contributed by atoms with Crippen LogP contribution in [0.25, 0.3) is 0 Å². The summed E-state index contributed by atoms with van der Waals surface area (Å²) in [6, 6.07) is 2.00. The van der Waals surface area contributed by atoms with Crippen LogP contribution in [0.4, 0.5) is 0 Å². The van der Waals surface area contributed by atoms with E-state index in [9.17, 15) is 4.79 Å². The number of hydrogen-bond acceptors (Lipinski definition) is 3. The molecule has 16 heavy (non-hydrogen) atoms. The molecule has 0 fully saturated rings. The summed E-state index contributed by atoms with van der Waals surface area (Å²) in [7, 11) is 0. The highest BCUT2D eigenvalue weighted by Gasteiger charge is 2.12. The number of aryl methyl sites for hydroxylation is 2. The van der Waals surface area contributed by atoms with Crippen molar-refractivity contribution in [3.63, 3.8) is 0 Å². The minimum absolute atomic E-state index is 0. The van der Waals surface area contributed by atoms with E-state index in [4.69, 9.17) is 5.73 Å². The van der Waals surface area contributed by atoms with Gasteiger partial charge in [-0.1, -0.05) is 6.92 Å². The number of carbonyl (C=O) groups is 1. The largest absolute Gasteiger partial charge is 0.348 e. The third-order valence-corrected chi connectivity index (χ3v) is 3.45. The molecule has 0 saturated heterocycles. The fourth-order valence-corrected chi connectivity index (χ4v) is 2.35. The van der Waals surface area contributed by atoms with Gasteiger partial charge in [0.1, 0.15) is 0 Å². The molecule has 0 spiro atoms. The molecule has 0 aliphatic carbocycles. The third-order valence-electron chi connectivity index (χ3n) is 2.36. The van der Waals surface area contributed by atoms with E-state index in [1.165, 1.54) is 10.4 Å². The van der Waals surface area contributed by atoms with Crippen molar-refractivity contribution in [3.8, 4) is 0 Å². The molecule has 0 bridgehead atoms. The number of hydrogen-bond donors (Lipinski definition) is 2. The van der Waals surface area contributed by atoms with Crippen LogP contribution in [0, 0.1) is 6.92 Å². The van der Waals surface area contributed by atoms with Crippen LogP contribution in [-0.4, -0.2) is 18.5 Å². The van der Waals surface area contributed by atoms with E-state index in [1.807, 2.05) is 19.9 Å². The number of halogens is 1. The highest BCUT2D eigenvalue weighted by atomic mass is 35.5. The molecule has 1 aromatic heterocycles. The summed E-state index contributed by atoms with van der Waals surface area (Å²) in [5.41, 5.74) is 6.70. The van der Waals surface area contributed by atoms with Crippen molar-refractivity contribution in [1.29, 1.82) is 0 Å². The number of amides is 1. The quantitative estimate of drug-likeness (QED) is 0.873. The molecule has 1 aromatic rings. The van der Waals surface area contributed by atoms with Gasteiger partial charge < -0.3 is 11.1 Å². The van der Waals surface area contributed by atoms with Gasteiger partial charge in [0.25, 0.3) is 5.91 Å².